The number of hydrogen-bond acceptors (Lipinski definition) is 5. The summed E-state index contributed by atoms with van der Waals surface area (Å²) in [6, 6.07) is 9.20. The number of nitrogens with zero attached hydrogens (tertiary/aromatic N) is 3. The Morgan fingerprint density at radius 3 is 2.58 bits per heavy atom. The van der Waals surface area contributed by atoms with Gasteiger partial charge in [0.05, 0.1) is 18.4 Å². The number of pyridine rings is 1. The van der Waals surface area contributed by atoms with Gasteiger partial charge in [-0.2, -0.15) is 0 Å². The molecular formula is C19H22N4O3. The van der Waals surface area contributed by atoms with Crippen molar-refractivity contribution < 1.29 is 14.3 Å². The predicted molar refractivity (Wildman–Crippen MR) is 99.8 cm³/mol. The first-order chi connectivity index (χ1) is 12.6. The molecule has 0 bridgehead atoms. The summed E-state index contributed by atoms with van der Waals surface area (Å²) in [4.78, 5) is 31.5. The minimum absolute atomic E-state index is 0.237. The van der Waals surface area contributed by atoms with Gasteiger partial charge in [0.2, 0.25) is 6.41 Å². The van der Waals surface area contributed by atoms with Crippen molar-refractivity contribution in [1.82, 2.24) is 9.88 Å². The molecule has 1 N–H and O–H groups in total. The van der Waals surface area contributed by atoms with E-state index in [1.807, 2.05) is 31.2 Å². The summed E-state index contributed by atoms with van der Waals surface area (Å²) in [5.41, 5.74) is 2.14. The molecular weight excluding hydrogens is 332 g/mol. The second-order valence-electron chi connectivity index (χ2n) is 6.19. The Labute approximate surface area is 152 Å². The molecule has 1 aromatic heterocycles. The van der Waals surface area contributed by atoms with Crippen LogP contribution in [0.1, 0.15) is 15.9 Å². The van der Waals surface area contributed by atoms with Crippen molar-refractivity contribution in [2.45, 2.75) is 6.92 Å². The van der Waals surface area contributed by atoms with Gasteiger partial charge < -0.3 is 19.9 Å². The lowest BCUT2D eigenvalue weighted by molar-refractivity contribution is -0.118. The largest absolute Gasteiger partial charge is 0.495 e. The molecule has 1 fully saturated rings. The molecule has 1 aliphatic rings. The average molecular weight is 354 g/mol. The Morgan fingerprint density at radius 1 is 1.19 bits per heavy atom. The van der Waals surface area contributed by atoms with Crippen LogP contribution in [0.4, 0.5) is 11.5 Å². The second kappa shape index (κ2) is 7.86. The van der Waals surface area contributed by atoms with Crippen LogP contribution in [0.25, 0.3) is 0 Å². The van der Waals surface area contributed by atoms with Crippen LogP contribution in [-0.4, -0.2) is 55.5 Å². The predicted octanol–water partition coefficient (Wildman–Crippen LogP) is 1.93. The fourth-order valence-electron chi connectivity index (χ4n) is 2.88. The van der Waals surface area contributed by atoms with Crippen molar-refractivity contribution in [3.63, 3.8) is 0 Å². The molecule has 2 heterocycles. The van der Waals surface area contributed by atoms with Crippen molar-refractivity contribution in [2.75, 3.05) is 43.5 Å². The van der Waals surface area contributed by atoms with Gasteiger partial charge >= 0.3 is 0 Å². The van der Waals surface area contributed by atoms with Crippen molar-refractivity contribution in [2.24, 2.45) is 0 Å². The maximum Gasteiger partial charge on any atom is 0.257 e. The van der Waals surface area contributed by atoms with Crippen LogP contribution < -0.4 is 15.0 Å². The standard InChI is InChI=1S/C19H22N4O3/c1-14-3-5-17(26-2)16(11-14)21-19(25)15-4-6-18(20-12-15)23-9-7-22(13-24)8-10-23/h3-6,11-13H,7-10H2,1-2H3,(H,21,25). The smallest absolute Gasteiger partial charge is 0.257 e. The van der Waals surface area contributed by atoms with Gasteiger partial charge in [0.15, 0.2) is 0 Å². The molecule has 0 unspecified atom stereocenters. The first kappa shape index (κ1) is 17.7. The van der Waals surface area contributed by atoms with Gasteiger partial charge in [-0.25, -0.2) is 4.98 Å². The van der Waals surface area contributed by atoms with Gasteiger partial charge in [-0.05, 0) is 36.8 Å². The summed E-state index contributed by atoms with van der Waals surface area (Å²) in [6.45, 7) is 4.78. The van der Waals surface area contributed by atoms with Gasteiger partial charge in [0.1, 0.15) is 11.6 Å². The fraction of sp³-hybridized carbons (Fsp3) is 0.316. The Bertz CT molecular complexity index is 784. The van der Waals surface area contributed by atoms with Crippen LogP contribution >= 0.6 is 0 Å². The average Bonchev–Trinajstić information content (AvgIpc) is 2.68. The van der Waals surface area contributed by atoms with E-state index in [0.29, 0.717) is 30.1 Å². The number of nitrogens with one attached hydrogen (secondary N) is 1. The zero-order valence-electron chi connectivity index (χ0n) is 14.9. The molecule has 7 heteroatoms. The number of rotatable bonds is 5. The SMILES string of the molecule is COc1ccc(C)cc1NC(=O)c1ccc(N2CCN(C=O)CC2)nc1. The number of carbonyl (C=O) groups is 2. The summed E-state index contributed by atoms with van der Waals surface area (Å²) in [7, 11) is 1.57. The van der Waals surface area contributed by atoms with E-state index in [0.717, 1.165) is 30.9 Å². The number of piperazine rings is 1. The molecule has 0 spiro atoms. The molecule has 0 atom stereocenters. The monoisotopic (exact) mass is 354 g/mol. The number of methoxy groups -OCH3 is 1. The number of aryl methyl sites for hydroxylation is 1. The minimum Gasteiger partial charge on any atom is -0.495 e. The van der Waals surface area contributed by atoms with Crippen LogP contribution in [0, 0.1) is 6.92 Å². The molecule has 1 aromatic carbocycles. The van der Waals surface area contributed by atoms with Crippen molar-refractivity contribution >= 4 is 23.8 Å². The molecule has 7 nitrogen and oxygen atoms in total. The maximum absolute atomic E-state index is 12.5. The molecule has 2 aromatic rings. The summed E-state index contributed by atoms with van der Waals surface area (Å²) in [5.74, 6) is 1.18. The highest BCUT2D eigenvalue weighted by atomic mass is 16.5. The Kier molecular flexibility index (Phi) is 5.36. The Morgan fingerprint density at radius 2 is 1.96 bits per heavy atom. The van der Waals surface area contributed by atoms with E-state index in [4.69, 9.17) is 4.74 Å². The topological polar surface area (TPSA) is 74.8 Å². The van der Waals surface area contributed by atoms with Crippen LogP contribution in [0.15, 0.2) is 36.5 Å². The summed E-state index contributed by atoms with van der Waals surface area (Å²) < 4.78 is 5.29. The Balaban J connectivity index is 1.68. The van der Waals surface area contributed by atoms with Crippen LogP contribution in [0.5, 0.6) is 5.75 Å². The number of benzene rings is 1. The quantitative estimate of drug-likeness (QED) is 0.831. The number of anilines is 2. The highest BCUT2D eigenvalue weighted by Gasteiger charge is 2.17. The second-order valence-corrected chi connectivity index (χ2v) is 6.19. The molecule has 1 saturated heterocycles. The van der Waals surface area contributed by atoms with Crippen molar-refractivity contribution in [3.8, 4) is 5.75 Å². The lowest BCUT2D eigenvalue weighted by Gasteiger charge is -2.33. The third-order valence-electron chi connectivity index (χ3n) is 4.40. The normalized spacial score (nSPS) is 14.1. The van der Waals surface area contributed by atoms with Gasteiger partial charge in [-0.1, -0.05) is 6.07 Å². The Hall–Kier alpha value is -3.09. The molecule has 1 aliphatic heterocycles. The lowest BCUT2D eigenvalue weighted by Crippen LogP contribution is -2.46. The molecule has 3 rings (SSSR count). The van der Waals surface area contributed by atoms with E-state index >= 15 is 0 Å². The van der Waals surface area contributed by atoms with E-state index in [-0.39, 0.29) is 5.91 Å². The number of amides is 2. The zero-order chi connectivity index (χ0) is 18.5. The molecule has 0 radical (unpaired) electrons. The number of hydrogen-bond donors (Lipinski definition) is 1. The molecule has 2 amide bonds. The van der Waals surface area contributed by atoms with Crippen LogP contribution in [-0.2, 0) is 4.79 Å². The lowest BCUT2D eigenvalue weighted by atomic mass is 10.2. The van der Waals surface area contributed by atoms with Crippen molar-refractivity contribution in [1.29, 1.82) is 0 Å². The number of carbonyl (C=O) groups excluding carboxylic acids is 2. The minimum atomic E-state index is -0.237. The third kappa shape index (κ3) is 3.93. The highest BCUT2D eigenvalue weighted by Crippen LogP contribution is 2.25. The fourth-order valence-corrected chi connectivity index (χ4v) is 2.88. The number of aromatic nitrogens is 1. The van der Waals surface area contributed by atoms with Crippen molar-refractivity contribution in [3.05, 3.63) is 47.7 Å². The first-order valence-corrected chi connectivity index (χ1v) is 8.47. The number of ether oxygens (including phenoxy) is 1. The third-order valence-corrected chi connectivity index (χ3v) is 4.40. The molecule has 0 aliphatic carbocycles. The van der Waals surface area contributed by atoms with Crippen LogP contribution in [0.3, 0.4) is 0 Å². The first-order valence-electron chi connectivity index (χ1n) is 8.47. The summed E-state index contributed by atoms with van der Waals surface area (Å²) in [5, 5.41) is 2.87. The van der Waals surface area contributed by atoms with Gasteiger partial charge in [-0.15, -0.1) is 0 Å². The maximum atomic E-state index is 12.5. The van der Waals surface area contributed by atoms with Gasteiger partial charge in [0.25, 0.3) is 5.91 Å². The molecule has 0 saturated carbocycles. The highest BCUT2D eigenvalue weighted by molar-refractivity contribution is 6.05. The summed E-state index contributed by atoms with van der Waals surface area (Å²) in [6.07, 6.45) is 2.44. The zero-order valence-corrected chi connectivity index (χ0v) is 14.9. The molecule has 26 heavy (non-hydrogen) atoms. The van der Waals surface area contributed by atoms with E-state index in [2.05, 4.69) is 15.2 Å². The van der Waals surface area contributed by atoms with E-state index in [1.165, 1.54) is 0 Å². The van der Waals surface area contributed by atoms with E-state index < -0.39 is 0 Å². The van der Waals surface area contributed by atoms with Crippen LogP contribution in [0.2, 0.25) is 0 Å². The van der Waals surface area contributed by atoms with Gasteiger partial charge in [-0.3, -0.25) is 9.59 Å². The summed E-state index contributed by atoms with van der Waals surface area (Å²) >= 11 is 0. The molecule has 136 valence electrons. The van der Waals surface area contributed by atoms with E-state index in [1.54, 1.807) is 24.3 Å². The van der Waals surface area contributed by atoms with Gasteiger partial charge in [0, 0.05) is 32.4 Å². The van der Waals surface area contributed by atoms with E-state index in [9.17, 15) is 9.59 Å².